The summed E-state index contributed by atoms with van der Waals surface area (Å²) >= 11 is 5.80. The summed E-state index contributed by atoms with van der Waals surface area (Å²) < 4.78 is 10.5. The van der Waals surface area contributed by atoms with Crippen molar-refractivity contribution < 1.29 is 14.1 Å². The zero-order chi connectivity index (χ0) is 14.7. The number of hydrogen-bond donors (Lipinski definition) is 0. The fraction of sp³-hybridized carbons (Fsp3) is 0.333. The van der Waals surface area contributed by atoms with Gasteiger partial charge in [-0.1, -0.05) is 42.7 Å². The van der Waals surface area contributed by atoms with Crippen molar-refractivity contribution >= 4 is 17.6 Å². The summed E-state index contributed by atoms with van der Waals surface area (Å²) in [5.74, 6) is 0.222. The van der Waals surface area contributed by atoms with E-state index in [1.165, 1.54) is 0 Å². The van der Waals surface area contributed by atoms with Crippen LogP contribution in [0.4, 0.5) is 0 Å². The Bertz CT molecular complexity index is 602. The Morgan fingerprint density at radius 3 is 2.60 bits per heavy atom. The first-order chi connectivity index (χ1) is 9.49. The van der Waals surface area contributed by atoms with E-state index in [1.54, 1.807) is 19.1 Å². The maximum atomic E-state index is 12.1. The third-order valence-electron chi connectivity index (χ3n) is 2.90. The molecule has 1 heterocycles. The lowest BCUT2D eigenvalue weighted by Gasteiger charge is -2.06. The van der Waals surface area contributed by atoms with Crippen LogP contribution in [-0.4, -0.2) is 11.1 Å². The number of ether oxygens (including phenoxy) is 1. The molecule has 2 aromatic rings. The number of nitrogens with zero attached hydrogens (tertiary/aromatic N) is 1. The van der Waals surface area contributed by atoms with E-state index in [2.05, 4.69) is 5.16 Å². The van der Waals surface area contributed by atoms with Crippen LogP contribution in [0, 0.1) is 6.92 Å². The van der Waals surface area contributed by atoms with E-state index in [1.807, 2.05) is 26.0 Å². The number of carbonyl (C=O) groups excluding carboxylic acids is 1. The van der Waals surface area contributed by atoms with Gasteiger partial charge in [0.2, 0.25) is 0 Å². The second-order valence-corrected chi connectivity index (χ2v) is 5.30. The molecule has 4 nitrogen and oxygen atoms in total. The molecule has 106 valence electrons. The molecule has 0 N–H and O–H groups in total. The quantitative estimate of drug-likeness (QED) is 0.796. The van der Waals surface area contributed by atoms with Gasteiger partial charge in [-0.3, -0.25) is 0 Å². The van der Waals surface area contributed by atoms with Gasteiger partial charge in [0, 0.05) is 10.9 Å². The highest BCUT2D eigenvalue weighted by Crippen LogP contribution is 2.23. The first-order valence-corrected chi connectivity index (χ1v) is 6.74. The molecule has 0 saturated carbocycles. The molecule has 0 bridgehead atoms. The van der Waals surface area contributed by atoms with Gasteiger partial charge in [-0.15, -0.1) is 0 Å². The van der Waals surface area contributed by atoms with E-state index in [4.69, 9.17) is 20.9 Å². The smallest absolute Gasteiger partial charge is 0.344 e. The number of esters is 1. The van der Waals surface area contributed by atoms with Crippen LogP contribution in [0.1, 0.15) is 47.1 Å². The van der Waals surface area contributed by atoms with E-state index in [0.717, 1.165) is 5.56 Å². The Morgan fingerprint density at radius 1 is 1.35 bits per heavy atom. The molecule has 0 atom stereocenters. The van der Waals surface area contributed by atoms with Crippen molar-refractivity contribution in [2.45, 2.75) is 33.3 Å². The van der Waals surface area contributed by atoms with Crippen LogP contribution in [0.2, 0.25) is 5.02 Å². The van der Waals surface area contributed by atoms with Crippen molar-refractivity contribution in [3.8, 4) is 0 Å². The zero-order valence-corrected chi connectivity index (χ0v) is 12.4. The minimum absolute atomic E-state index is 0.0780. The number of halogens is 1. The highest BCUT2D eigenvalue weighted by atomic mass is 35.5. The maximum Gasteiger partial charge on any atom is 0.344 e. The van der Waals surface area contributed by atoms with Gasteiger partial charge in [-0.2, -0.15) is 0 Å². The molecule has 0 saturated heterocycles. The summed E-state index contributed by atoms with van der Waals surface area (Å²) in [6, 6.07) is 7.16. The number of aromatic nitrogens is 1. The Kier molecular flexibility index (Phi) is 4.45. The van der Waals surface area contributed by atoms with Crippen LogP contribution in [-0.2, 0) is 11.3 Å². The topological polar surface area (TPSA) is 52.3 Å². The van der Waals surface area contributed by atoms with Crippen molar-refractivity contribution in [2.75, 3.05) is 0 Å². The van der Waals surface area contributed by atoms with Crippen molar-refractivity contribution in [3.05, 3.63) is 51.9 Å². The van der Waals surface area contributed by atoms with Crippen LogP contribution in [0.15, 0.2) is 28.8 Å². The van der Waals surface area contributed by atoms with Gasteiger partial charge >= 0.3 is 5.97 Å². The Balaban J connectivity index is 2.09. The molecule has 0 aliphatic carbocycles. The molecule has 1 aromatic heterocycles. The Labute approximate surface area is 122 Å². The van der Waals surface area contributed by atoms with Gasteiger partial charge < -0.3 is 9.26 Å². The van der Waals surface area contributed by atoms with Crippen LogP contribution >= 0.6 is 11.6 Å². The van der Waals surface area contributed by atoms with Crippen LogP contribution in [0.3, 0.4) is 0 Å². The second kappa shape index (κ2) is 6.09. The summed E-state index contributed by atoms with van der Waals surface area (Å²) in [6.45, 7) is 5.80. The van der Waals surface area contributed by atoms with Crippen LogP contribution < -0.4 is 0 Å². The highest BCUT2D eigenvalue weighted by molar-refractivity contribution is 6.30. The SMILES string of the molecule is Cc1noc(C(C)C)c1C(=O)OCc1ccc(Cl)cc1. The molecule has 1 aromatic carbocycles. The summed E-state index contributed by atoms with van der Waals surface area (Å²) in [6.07, 6.45) is 0. The van der Waals surface area contributed by atoms with E-state index in [-0.39, 0.29) is 12.5 Å². The Morgan fingerprint density at radius 2 is 2.00 bits per heavy atom. The molecule has 0 radical (unpaired) electrons. The summed E-state index contributed by atoms with van der Waals surface area (Å²) in [7, 11) is 0. The van der Waals surface area contributed by atoms with E-state index < -0.39 is 5.97 Å². The minimum atomic E-state index is -0.414. The summed E-state index contributed by atoms with van der Waals surface area (Å²) in [5, 5.41) is 4.48. The number of aryl methyl sites for hydroxylation is 1. The summed E-state index contributed by atoms with van der Waals surface area (Å²) in [5.41, 5.74) is 1.85. The molecule has 0 spiro atoms. The van der Waals surface area contributed by atoms with Crippen molar-refractivity contribution in [3.63, 3.8) is 0 Å². The third kappa shape index (κ3) is 3.20. The molecular formula is C15H16ClNO3. The molecule has 0 amide bonds. The number of hydrogen-bond acceptors (Lipinski definition) is 4. The van der Waals surface area contributed by atoms with Gasteiger partial charge in [0.25, 0.3) is 0 Å². The predicted octanol–water partition coefficient (Wildman–Crippen LogP) is 4.12. The van der Waals surface area contributed by atoms with Gasteiger partial charge in [-0.05, 0) is 24.6 Å². The van der Waals surface area contributed by atoms with Gasteiger partial charge in [0.05, 0.1) is 5.69 Å². The van der Waals surface area contributed by atoms with Crippen molar-refractivity contribution in [1.82, 2.24) is 5.16 Å². The number of benzene rings is 1. The molecule has 0 aliphatic rings. The molecule has 0 unspecified atom stereocenters. The first-order valence-electron chi connectivity index (χ1n) is 6.36. The average Bonchev–Trinajstić information content (AvgIpc) is 2.80. The monoisotopic (exact) mass is 293 g/mol. The van der Waals surface area contributed by atoms with Crippen LogP contribution in [0.5, 0.6) is 0 Å². The van der Waals surface area contributed by atoms with Crippen molar-refractivity contribution in [1.29, 1.82) is 0 Å². The summed E-state index contributed by atoms with van der Waals surface area (Å²) in [4.78, 5) is 12.1. The molecule has 5 heteroatoms. The minimum Gasteiger partial charge on any atom is -0.457 e. The zero-order valence-electron chi connectivity index (χ0n) is 11.6. The second-order valence-electron chi connectivity index (χ2n) is 4.86. The highest BCUT2D eigenvalue weighted by Gasteiger charge is 2.23. The molecule has 20 heavy (non-hydrogen) atoms. The predicted molar refractivity (Wildman–Crippen MR) is 75.9 cm³/mol. The largest absolute Gasteiger partial charge is 0.457 e. The van der Waals surface area contributed by atoms with Gasteiger partial charge in [0.1, 0.15) is 12.2 Å². The molecular weight excluding hydrogens is 278 g/mol. The third-order valence-corrected chi connectivity index (χ3v) is 3.15. The number of carbonyl (C=O) groups is 1. The van der Waals surface area contributed by atoms with Crippen molar-refractivity contribution in [2.24, 2.45) is 0 Å². The van der Waals surface area contributed by atoms with E-state index in [0.29, 0.717) is 22.0 Å². The van der Waals surface area contributed by atoms with Gasteiger partial charge in [0.15, 0.2) is 5.76 Å². The maximum absolute atomic E-state index is 12.1. The van der Waals surface area contributed by atoms with E-state index >= 15 is 0 Å². The lowest BCUT2D eigenvalue weighted by molar-refractivity contribution is 0.0468. The normalized spacial score (nSPS) is 10.8. The Hall–Kier alpha value is -1.81. The average molecular weight is 294 g/mol. The molecule has 2 rings (SSSR count). The van der Waals surface area contributed by atoms with Gasteiger partial charge in [-0.25, -0.2) is 4.79 Å². The standard InChI is InChI=1S/C15H16ClNO3/c1-9(2)14-13(10(3)17-20-14)15(18)19-8-11-4-6-12(16)7-5-11/h4-7,9H,8H2,1-3H3. The fourth-order valence-corrected chi connectivity index (χ4v) is 1.96. The number of rotatable bonds is 4. The van der Waals surface area contributed by atoms with E-state index in [9.17, 15) is 4.79 Å². The fourth-order valence-electron chi connectivity index (χ4n) is 1.83. The molecule has 0 fully saturated rings. The lowest BCUT2D eigenvalue weighted by Crippen LogP contribution is -2.09. The lowest BCUT2D eigenvalue weighted by atomic mass is 10.1. The van der Waals surface area contributed by atoms with Crippen LogP contribution in [0.25, 0.3) is 0 Å². The first kappa shape index (κ1) is 14.6. The molecule has 0 aliphatic heterocycles.